The summed E-state index contributed by atoms with van der Waals surface area (Å²) in [6, 6.07) is 0. The zero-order chi connectivity index (χ0) is 22.0. The summed E-state index contributed by atoms with van der Waals surface area (Å²) in [7, 11) is 0. The fraction of sp³-hybridized carbons (Fsp3) is 0.762. The number of rotatable bonds is 4. The topological polar surface area (TPSA) is 146 Å². The lowest BCUT2D eigenvalue weighted by molar-refractivity contribution is -0.308. The van der Waals surface area contributed by atoms with Crippen molar-refractivity contribution in [2.45, 2.75) is 76.0 Å². The van der Waals surface area contributed by atoms with Crippen LogP contribution in [0.15, 0.2) is 23.3 Å². The summed E-state index contributed by atoms with van der Waals surface area (Å²) in [5, 5.41) is 49.4. The van der Waals surface area contributed by atoms with Gasteiger partial charge in [-0.1, -0.05) is 13.0 Å². The molecule has 0 spiro atoms. The molecule has 0 saturated carbocycles. The first-order valence-electron chi connectivity index (χ1n) is 10.4. The molecule has 0 aromatic heterocycles. The number of aliphatic hydroxyl groups excluding tert-OH is 5. The molecule has 2 saturated heterocycles. The summed E-state index contributed by atoms with van der Waals surface area (Å²) in [6.07, 6.45) is -2.44. The van der Waals surface area contributed by atoms with Gasteiger partial charge in [0.15, 0.2) is 6.29 Å². The zero-order valence-electron chi connectivity index (χ0n) is 17.3. The van der Waals surface area contributed by atoms with Crippen LogP contribution in [0, 0.1) is 11.8 Å². The lowest BCUT2D eigenvalue weighted by Crippen LogP contribution is -2.59. The van der Waals surface area contributed by atoms with E-state index in [-0.39, 0.29) is 24.4 Å². The van der Waals surface area contributed by atoms with E-state index in [0.29, 0.717) is 19.3 Å². The van der Waals surface area contributed by atoms with E-state index in [1.807, 2.05) is 26.0 Å². The summed E-state index contributed by atoms with van der Waals surface area (Å²) < 4.78 is 16.9. The standard InChI is InChI=1S/C21H32O9/c1-10-7-15-13(11(2)20(27)28-15)5-3-12(8-22)4-6-14(10)29-21-19(26)18(25)17(24)16(9-23)30-21/h4,7,11,13-19,21-26H,3,5-6,8-9H2,1-2H3/t11-,13+,14+,15-,16+,17+,18-,19+,21+/m0/s1. The molecule has 30 heavy (non-hydrogen) atoms. The average Bonchev–Trinajstić information content (AvgIpc) is 2.99. The van der Waals surface area contributed by atoms with Gasteiger partial charge in [0.25, 0.3) is 0 Å². The van der Waals surface area contributed by atoms with Crippen LogP contribution in [-0.4, -0.2) is 87.6 Å². The van der Waals surface area contributed by atoms with Crippen LogP contribution in [0.3, 0.4) is 0 Å². The summed E-state index contributed by atoms with van der Waals surface area (Å²) in [5.74, 6) is -0.522. The maximum absolute atomic E-state index is 12.1. The van der Waals surface area contributed by atoms with Crippen LogP contribution < -0.4 is 0 Å². The van der Waals surface area contributed by atoms with E-state index in [2.05, 4.69) is 0 Å². The molecule has 0 radical (unpaired) electrons. The van der Waals surface area contributed by atoms with Gasteiger partial charge in [0.2, 0.25) is 0 Å². The molecule has 170 valence electrons. The van der Waals surface area contributed by atoms with Gasteiger partial charge in [-0.25, -0.2) is 0 Å². The molecule has 0 aromatic carbocycles. The van der Waals surface area contributed by atoms with Gasteiger partial charge in [-0.2, -0.15) is 0 Å². The van der Waals surface area contributed by atoms with Crippen molar-refractivity contribution in [2.24, 2.45) is 11.8 Å². The minimum absolute atomic E-state index is 0.0200. The van der Waals surface area contributed by atoms with Crippen molar-refractivity contribution in [2.75, 3.05) is 13.2 Å². The monoisotopic (exact) mass is 428 g/mol. The maximum Gasteiger partial charge on any atom is 0.309 e. The van der Waals surface area contributed by atoms with Gasteiger partial charge >= 0.3 is 5.97 Å². The van der Waals surface area contributed by atoms with Gasteiger partial charge in [-0.3, -0.25) is 4.79 Å². The third-order valence-electron chi connectivity index (χ3n) is 6.39. The molecular formula is C21H32O9. The van der Waals surface area contributed by atoms with Gasteiger partial charge in [0.05, 0.1) is 25.2 Å². The Morgan fingerprint density at radius 2 is 1.90 bits per heavy atom. The number of hydrogen-bond donors (Lipinski definition) is 5. The number of carbonyl (C=O) groups excluding carboxylic acids is 1. The quantitative estimate of drug-likeness (QED) is 0.293. The summed E-state index contributed by atoms with van der Waals surface area (Å²) in [6.45, 7) is 3.00. The summed E-state index contributed by atoms with van der Waals surface area (Å²) >= 11 is 0. The molecule has 3 rings (SSSR count). The van der Waals surface area contributed by atoms with Crippen molar-refractivity contribution in [3.05, 3.63) is 23.3 Å². The zero-order valence-corrected chi connectivity index (χ0v) is 17.3. The van der Waals surface area contributed by atoms with Gasteiger partial charge in [-0.05, 0) is 43.4 Å². The highest BCUT2D eigenvalue weighted by Crippen LogP contribution is 2.36. The van der Waals surface area contributed by atoms with Crippen LogP contribution in [0.5, 0.6) is 0 Å². The second-order valence-corrected chi connectivity index (χ2v) is 8.38. The highest BCUT2D eigenvalue weighted by molar-refractivity contribution is 5.75. The van der Waals surface area contributed by atoms with Crippen LogP contribution in [0.1, 0.15) is 33.1 Å². The molecule has 0 aromatic rings. The molecule has 0 bridgehead atoms. The lowest BCUT2D eigenvalue weighted by Gasteiger charge is -2.41. The average molecular weight is 428 g/mol. The molecule has 5 N–H and O–H groups in total. The Hall–Kier alpha value is -1.33. The summed E-state index contributed by atoms with van der Waals surface area (Å²) in [5.41, 5.74) is 1.57. The largest absolute Gasteiger partial charge is 0.458 e. The van der Waals surface area contributed by atoms with Crippen LogP contribution in [0.25, 0.3) is 0 Å². The highest BCUT2D eigenvalue weighted by atomic mass is 16.7. The molecule has 2 heterocycles. The van der Waals surface area contributed by atoms with Gasteiger partial charge in [0.1, 0.15) is 30.5 Å². The SMILES string of the molecule is CC1=C[C@@H]2OC(=O)[C@@H](C)[C@H]2CCC(CO)=CC[C@H]1O[C@@H]1O[C@H](CO)[C@@H](O)[C@H](O)[C@H]1O. The van der Waals surface area contributed by atoms with E-state index in [9.17, 15) is 30.3 Å². The summed E-state index contributed by atoms with van der Waals surface area (Å²) in [4.78, 5) is 12.1. The molecule has 1 aliphatic carbocycles. The second-order valence-electron chi connectivity index (χ2n) is 8.38. The third kappa shape index (κ3) is 4.77. The van der Waals surface area contributed by atoms with Crippen molar-refractivity contribution in [1.82, 2.24) is 0 Å². The number of hydrogen-bond acceptors (Lipinski definition) is 9. The normalized spacial score (nSPS) is 42.8. The minimum atomic E-state index is -1.53. The van der Waals surface area contributed by atoms with Crippen LogP contribution in [-0.2, 0) is 19.0 Å². The minimum Gasteiger partial charge on any atom is -0.458 e. The number of fused-ring (bicyclic) bond motifs is 1. The van der Waals surface area contributed by atoms with Crippen molar-refractivity contribution in [3.63, 3.8) is 0 Å². The van der Waals surface area contributed by atoms with Crippen LogP contribution >= 0.6 is 0 Å². The molecule has 9 atom stereocenters. The Balaban J connectivity index is 1.84. The molecule has 0 amide bonds. The van der Waals surface area contributed by atoms with Crippen LogP contribution in [0.4, 0.5) is 0 Å². The fourth-order valence-corrected chi connectivity index (χ4v) is 4.29. The maximum atomic E-state index is 12.1. The molecule has 2 fully saturated rings. The first-order valence-corrected chi connectivity index (χ1v) is 10.4. The fourth-order valence-electron chi connectivity index (χ4n) is 4.29. The molecule has 9 nitrogen and oxygen atoms in total. The van der Waals surface area contributed by atoms with Crippen molar-refractivity contribution in [3.8, 4) is 0 Å². The van der Waals surface area contributed by atoms with E-state index in [4.69, 9.17) is 14.2 Å². The Labute approximate surface area is 175 Å². The molecular weight excluding hydrogens is 396 g/mol. The first kappa shape index (κ1) is 23.3. The van der Waals surface area contributed by atoms with E-state index in [1.165, 1.54) is 0 Å². The van der Waals surface area contributed by atoms with Crippen LogP contribution in [0.2, 0.25) is 0 Å². The molecule has 0 unspecified atom stereocenters. The smallest absolute Gasteiger partial charge is 0.309 e. The van der Waals surface area contributed by atoms with Crippen molar-refractivity contribution in [1.29, 1.82) is 0 Å². The molecule has 2 aliphatic heterocycles. The van der Waals surface area contributed by atoms with E-state index >= 15 is 0 Å². The number of aliphatic hydroxyl groups is 5. The number of esters is 1. The van der Waals surface area contributed by atoms with Gasteiger partial charge < -0.3 is 39.7 Å². The van der Waals surface area contributed by atoms with Gasteiger partial charge in [-0.15, -0.1) is 0 Å². The Kier molecular flexibility index (Phi) is 7.67. The highest BCUT2D eigenvalue weighted by Gasteiger charge is 2.45. The first-order chi connectivity index (χ1) is 14.3. The van der Waals surface area contributed by atoms with E-state index in [1.54, 1.807) is 0 Å². The predicted molar refractivity (Wildman–Crippen MR) is 104 cm³/mol. The second kappa shape index (κ2) is 9.86. The van der Waals surface area contributed by atoms with Crippen molar-refractivity contribution < 1.29 is 44.5 Å². The predicted octanol–water partition coefficient (Wildman–Crippen LogP) is -0.602. The molecule has 3 aliphatic rings. The van der Waals surface area contributed by atoms with E-state index < -0.39 is 49.5 Å². The van der Waals surface area contributed by atoms with Gasteiger partial charge in [0, 0.05) is 5.92 Å². The Morgan fingerprint density at radius 3 is 2.57 bits per heavy atom. The Bertz CT molecular complexity index is 673. The number of carbonyl (C=O) groups is 1. The lowest BCUT2D eigenvalue weighted by atomic mass is 9.84. The number of ether oxygens (including phenoxy) is 3. The Morgan fingerprint density at radius 1 is 1.17 bits per heavy atom. The van der Waals surface area contributed by atoms with Crippen molar-refractivity contribution >= 4 is 5.97 Å². The van der Waals surface area contributed by atoms with E-state index in [0.717, 1.165) is 11.1 Å². The third-order valence-corrected chi connectivity index (χ3v) is 6.39. The molecule has 9 heteroatoms.